The maximum absolute atomic E-state index is 13.2. The van der Waals surface area contributed by atoms with Gasteiger partial charge in [0, 0.05) is 25.2 Å². The Morgan fingerprint density at radius 3 is 2.41 bits per heavy atom. The molecule has 3 aromatic rings. The summed E-state index contributed by atoms with van der Waals surface area (Å²) in [6, 6.07) is 9.81. The zero-order valence-corrected chi connectivity index (χ0v) is 17.4. The molecule has 1 N–H and O–H groups in total. The number of aliphatic carboxylic acids is 1. The first-order valence-electron chi connectivity index (χ1n) is 9.62. The molecule has 7 heteroatoms. The van der Waals surface area contributed by atoms with Crippen molar-refractivity contribution >= 4 is 22.9 Å². The number of benzene rings is 1. The molecular formula is C22H26N4O3. The fraction of sp³-hybridized carbons (Fsp3) is 0.364. The van der Waals surface area contributed by atoms with Crippen molar-refractivity contribution < 1.29 is 14.7 Å². The van der Waals surface area contributed by atoms with E-state index in [1.54, 1.807) is 30.9 Å². The molecule has 0 saturated carbocycles. The summed E-state index contributed by atoms with van der Waals surface area (Å²) < 4.78 is 1.80. The standard InChI is InChI=1S/C22H26N4O3/c1-13(2)26-20-18(11-23-26)17(21(27)25(5)12-15(4)22(28)29)10-19(24-20)16-8-6-14(3)7-9-16/h6-11,13,15H,12H2,1-5H3,(H,28,29). The van der Waals surface area contributed by atoms with E-state index in [1.807, 2.05) is 45.0 Å². The third-order valence-electron chi connectivity index (χ3n) is 4.95. The molecule has 0 radical (unpaired) electrons. The Bertz CT molecular complexity index is 1050. The van der Waals surface area contributed by atoms with Crippen LogP contribution in [0.15, 0.2) is 36.5 Å². The highest BCUT2D eigenvalue weighted by molar-refractivity contribution is 6.06. The Morgan fingerprint density at radius 1 is 1.17 bits per heavy atom. The number of nitrogens with zero attached hydrogens (tertiary/aromatic N) is 4. The van der Waals surface area contributed by atoms with Crippen molar-refractivity contribution in [1.29, 1.82) is 0 Å². The van der Waals surface area contributed by atoms with Gasteiger partial charge in [-0.2, -0.15) is 5.10 Å². The molecule has 1 aromatic carbocycles. The molecule has 0 fully saturated rings. The summed E-state index contributed by atoms with van der Waals surface area (Å²) in [6.45, 7) is 7.74. The summed E-state index contributed by atoms with van der Waals surface area (Å²) in [5.74, 6) is -1.84. The van der Waals surface area contributed by atoms with Gasteiger partial charge in [-0.05, 0) is 26.8 Å². The van der Waals surface area contributed by atoms with Crippen LogP contribution < -0.4 is 0 Å². The first kappa shape index (κ1) is 20.5. The number of carbonyl (C=O) groups is 2. The lowest BCUT2D eigenvalue weighted by atomic mass is 10.0. The zero-order valence-electron chi connectivity index (χ0n) is 17.4. The molecule has 3 rings (SSSR count). The van der Waals surface area contributed by atoms with Gasteiger partial charge in [0.15, 0.2) is 5.65 Å². The average Bonchev–Trinajstić information content (AvgIpc) is 3.11. The van der Waals surface area contributed by atoms with E-state index in [1.165, 1.54) is 4.90 Å². The lowest BCUT2D eigenvalue weighted by Crippen LogP contribution is -2.33. The highest BCUT2D eigenvalue weighted by Crippen LogP contribution is 2.27. The van der Waals surface area contributed by atoms with E-state index in [4.69, 9.17) is 4.98 Å². The first-order valence-corrected chi connectivity index (χ1v) is 9.62. The average molecular weight is 394 g/mol. The van der Waals surface area contributed by atoms with E-state index in [-0.39, 0.29) is 18.5 Å². The number of hydrogen-bond acceptors (Lipinski definition) is 4. The molecule has 2 aromatic heterocycles. The summed E-state index contributed by atoms with van der Waals surface area (Å²) in [5, 5.41) is 14.3. The van der Waals surface area contributed by atoms with E-state index < -0.39 is 11.9 Å². The summed E-state index contributed by atoms with van der Waals surface area (Å²) in [5.41, 5.74) is 3.84. The predicted octanol–water partition coefficient (Wildman–Crippen LogP) is 3.78. The number of hydrogen-bond donors (Lipinski definition) is 1. The fourth-order valence-corrected chi connectivity index (χ4v) is 3.22. The monoisotopic (exact) mass is 394 g/mol. The molecule has 1 unspecified atom stereocenters. The topological polar surface area (TPSA) is 88.3 Å². The summed E-state index contributed by atoms with van der Waals surface area (Å²) >= 11 is 0. The fourth-order valence-electron chi connectivity index (χ4n) is 3.22. The smallest absolute Gasteiger partial charge is 0.308 e. The Labute approximate surface area is 170 Å². The van der Waals surface area contributed by atoms with Gasteiger partial charge in [-0.3, -0.25) is 9.59 Å². The molecule has 2 heterocycles. The van der Waals surface area contributed by atoms with Gasteiger partial charge in [0.1, 0.15) is 0 Å². The molecule has 0 saturated heterocycles. The van der Waals surface area contributed by atoms with E-state index >= 15 is 0 Å². The molecule has 1 atom stereocenters. The molecule has 0 aliphatic rings. The minimum absolute atomic E-state index is 0.0842. The Balaban J connectivity index is 2.13. The second kappa shape index (κ2) is 8.03. The Hall–Kier alpha value is -3.22. The van der Waals surface area contributed by atoms with Crippen LogP contribution in [0.2, 0.25) is 0 Å². The Kier molecular flexibility index (Phi) is 5.68. The highest BCUT2D eigenvalue weighted by atomic mass is 16.4. The number of aryl methyl sites for hydroxylation is 1. The number of pyridine rings is 1. The number of fused-ring (bicyclic) bond motifs is 1. The second-order valence-electron chi connectivity index (χ2n) is 7.77. The SMILES string of the molecule is Cc1ccc(-c2cc(C(=O)N(C)CC(C)C(=O)O)c3cnn(C(C)C)c3n2)cc1. The molecule has 0 spiro atoms. The van der Waals surface area contributed by atoms with Crippen LogP contribution >= 0.6 is 0 Å². The van der Waals surface area contributed by atoms with Crippen molar-refractivity contribution in [2.24, 2.45) is 5.92 Å². The maximum atomic E-state index is 13.2. The lowest BCUT2D eigenvalue weighted by Gasteiger charge is -2.20. The molecular weight excluding hydrogens is 368 g/mol. The van der Waals surface area contributed by atoms with Crippen LogP contribution in [-0.2, 0) is 4.79 Å². The molecule has 7 nitrogen and oxygen atoms in total. The van der Waals surface area contributed by atoms with E-state index in [0.717, 1.165) is 11.1 Å². The number of carboxylic acids is 1. The summed E-state index contributed by atoms with van der Waals surface area (Å²) in [4.78, 5) is 30.6. The maximum Gasteiger partial charge on any atom is 0.308 e. The van der Waals surface area contributed by atoms with Gasteiger partial charge in [-0.15, -0.1) is 0 Å². The third kappa shape index (κ3) is 4.13. The van der Waals surface area contributed by atoms with Gasteiger partial charge in [0.05, 0.1) is 28.8 Å². The van der Waals surface area contributed by atoms with Crippen molar-refractivity contribution in [3.63, 3.8) is 0 Å². The van der Waals surface area contributed by atoms with Crippen LogP contribution in [0.5, 0.6) is 0 Å². The number of rotatable bonds is 6. The van der Waals surface area contributed by atoms with E-state index in [2.05, 4.69) is 5.10 Å². The Morgan fingerprint density at radius 2 is 1.83 bits per heavy atom. The molecule has 29 heavy (non-hydrogen) atoms. The summed E-state index contributed by atoms with van der Waals surface area (Å²) in [6.07, 6.45) is 1.66. The number of carboxylic acid groups (broad SMARTS) is 1. The molecule has 0 aliphatic carbocycles. The summed E-state index contributed by atoms with van der Waals surface area (Å²) in [7, 11) is 1.62. The van der Waals surface area contributed by atoms with Gasteiger partial charge < -0.3 is 10.0 Å². The number of carbonyl (C=O) groups excluding carboxylic acids is 1. The van der Waals surface area contributed by atoms with Gasteiger partial charge >= 0.3 is 5.97 Å². The predicted molar refractivity (Wildman–Crippen MR) is 112 cm³/mol. The van der Waals surface area contributed by atoms with Crippen molar-refractivity contribution in [2.45, 2.75) is 33.7 Å². The molecule has 0 bridgehead atoms. The van der Waals surface area contributed by atoms with Gasteiger partial charge in [0.2, 0.25) is 0 Å². The zero-order chi connectivity index (χ0) is 21.3. The highest BCUT2D eigenvalue weighted by Gasteiger charge is 2.23. The van der Waals surface area contributed by atoms with E-state index in [9.17, 15) is 14.7 Å². The number of amides is 1. The molecule has 152 valence electrons. The van der Waals surface area contributed by atoms with Crippen molar-refractivity contribution in [3.05, 3.63) is 47.7 Å². The lowest BCUT2D eigenvalue weighted by molar-refractivity contribution is -0.141. The quantitative estimate of drug-likeness (QED) is 0.687. The van der Waals surface area contributed by atoms with Crippen molar-refractivity contribution in [3.8, 4) is 11.3 Å². The van der Waals surface area contributed by atoms with Crippen molar-refractivity contribution in [1.82, 2.24) is 19.7 Å². The molecule has 0 aliphatic heterocycles. The first-order chi connectivity index (χ1) is 13.7. The number of aromatic nitrogens is 3. The van der Waals surface area contributed by atoms with Crippen LogP contribution in [0.4, 0.5) is 0 Å². The third-order valence-corrected chi connectivity index (χ3v) is 4.95. The van der Waals surface area contributed by atoms with Gasteiger partial charge in [0.25, 0.3) is 5.91 Å². The van der Waals surface area contributed by atoms with Crippen LogP contribution in [0.25, 0.3) is 22.3 Å². The van der Waals surface area contributed by atoms with Crippen LogP contribution in [0, 0.1) is 12.8 Å². The van der Waals surface area contributed by atoms with Crippen LogP contribution in [0.1, 0.15) is 42.7 Å². The minimum atomic E-state index is -0.933. The van der Waals surface area contributed by atoms with Gasteiger partial charge in [-0.1, -0.05) is 36.8 Å². The van der Waals surface area contributed by atoms with Crippen LogP contribution in [-0.4, -0.2) is 50.2 Å². The largest absolute Gasteiger partial charge is 0.481 e. The normalized spacial score (nSPS) is 12.3. The molecule has 1 amide bonds. The minimum Gasteiger partial charge on any atom is -0.481 e. The second-order valence-corrected chi connectivity index (χ2v) is 7.77. The van der Waals surface area contributed by atoms with Crippen molar-refractivity contribution in [2.75, 3.05) is 13.6 Å². The van der Waals surface area contributed by atoms with E-state index in [0.29, 0.717) is 22.3 Å². The van der Waals surface area contributed by atoms with Gasteiger partial charge in [-0.25, -0.2) is 9.67 Å². The van der Waals surface area contributed by atoms with Crippen LogP contribution in [0.3, 0.4) is 0 Å².